The van der Waals surface area contributed by atoms with E-state index >= 15 is 0 Å². The van der Waals surface area contributed by atoms with Crippen LogP contribution in [0, 0.1) is 0 Å². The van der Waals surface area contributed by atoms with E-state index in [0.717, 1.165) is 9.91 Å². The minimum absolute atomic E-state index is 0.0213. The molecule has 0 spiro atoms. The number of amides is 4. The van der Waals surface area contributed by atoms with Gasteiger partial charge in [-0.05, 0) is 30.3 Å². The molecule has 4 amide bonds. The number of para-hydroxylation sites is 1. The fourth-order valence-corrected chi connectivity index (χ4v) is 3.52. The molecule has 1 heterocycles. The smallest absolute Gasteiger partial charge is 0.276 e. The highest BCUT2D eigenvalue weighted by atomic mass is 35.5. The standard InChI is InChI=1S/C21H19Cl2N3O5/c1-2-19(28)26(24-18(27)12-31-17-9-8-13(22)10-15(17)23)16-11-20(29)25(21(16)30)14-6-4-3-5-7-14/h3-10,16H,2,11-12H2,1H3,(H,24,27). The largest absolute Gasteiger partial charge is 0.482 e. The molecule has 31 heavy (non-hydrogen) atoms. The Labute approximate surface area is 188 Å². The van der Waals surface area contributed by atoms with Crippen LogP contribution in [-0.2, 0) is 19.2 Å². The molecular weight excluding hydrogens is 445 g/mol. The fraction of sp³-hybridized carbons (Fsp3) is 0.238. The van der Waals surface area contributed by atoms with Gasteiger partial charge >= 0.3 is 0 Å². The lowest BCUT2D eigenvalue weighted by molar-refractivity contribution is -0.148. The number of nitrogens with one attached hydrogen (secondary N) is 1. The van der Waals surface area contributed by atoms with Gasteiger partial charge in [0.25, 0.3) is 11.8 Å². The Morgan fingerprint density at radius 3 is 2.52 bits per heavy atom. The van der Waals surface area contributed by atoms with Gasteiger partial charge in [0.2, 0.25) is 11.8 Å². The molecule has 10 heteroatoms. The first kappa shape index (κ1) is 22.6. The highest BCUT2D eigenvalue weighted by Gasteiger charge is 2.44. The summed E-state index contributed by atoms with van der Waals surface area (Å²) in [5, 5.41) is 1.53. The maximum atomic E-state index is 12.9. The van der Waals surface area contributed by atoms with Crippen LogP contribution in [-0.4, -0.2) is 41.3 Å². The van der Waals surface area contributed by atoms with Crippen molar-refractivity contribution in [3.05, 3.63) is 58.6 Å². The minimum Gasteiger partial charge on any atom is -0.482 e. The summed E-state index contributed by atoms with van der Waals surface area (Å²) in [5.74, 6) is -2.03. The normalized spacial score (nSPS) is 15.7. The molecule has 1 unspecified atom stereocenters. The monoisotopic (exact) mass is 463 g/mol. The summed E-state index contributed by atoms with van der Waals surface area (Å²) in [4.78, 5) is 51.3. The highest BCUT2D eigenvalue weighted by molar-refractivity contribution is 6.35. The summed E-state index contributed by atoms with van der Waals surface area (Å²) in [6, 6.07) is 11.7. The molecule has 0 radical (unpaired) electrons. The third kappa shape index (κ3) is 5.15. The first-order valence-electron chi connectivity index (χ1n) is 9.43. The van der Waals surface area contributed by atoms with Crippen molar-refractivity contribution < 1.29 is 23.9 Å². The molecule has 0 aromatic heterocycles. The van der Waals surface area contributed by atoms with Crippen LogP contribution in [0.1, 0.15) is 19.8 Å². The molecule has 1 atom stereocenters. The van der Waals surface area contributed by atoms with Gasteiger partial charge in [0.15, 0.2) is 6.61 Å². The molecule has 1 aliphatic heterocycles. The summed E-state index contributed by atoms with van der Waals surface area (Å²) in [6.45, 7) is 1.12. The average Bonchev–Trinajstić information content (AvgIpc) is 3.05. The molecule has 0 saturated carbocycles. The van der Waals surface area contributed by atoms with E-state index in [0.29, 0.717) is 10.7 Å². The van der Waals surface area contributed by atoms with E-state index in [9.17, 15) is 19.2 Å². The number of imide groups is 1. The number of hydrazine groups is 1. The van der Waals surface area contributed by atoms with Crippen molar-refractivity contribution in [3.63, 3.8) is 0 Å². The van der Waals surface area contributed by atoms with Crippen LogP contribution in [0.4, 0.5) is 5.69 Å². The second kappa shape index (κ2) is 9.80. The van der Waals surface area contributed by atoms with E-state index < -0.39 is 36.3 Å². The number of hydrogen-bond donors (Lipinski definition) is 1. The van der Waals surface area contributed by atoms with Crippen LogP contribution < -0.4 is 15.1 Å². The Bertz CT molecular complexity index is 1020. The molecule has 0 aliphatic carbocycles. The summed E-state index contributed by atoms with van der Waals surface area (Å²) >= 11 is 11.8. The Morgan fingerprint density at radius 2 is 1.87 bits per heavy atom. The van der Waals surface area contributed by atoms with Crippen molar-refractivity contribution in [3.8, 4) is 5.75 Å². The summed E-state index contributed by atoms with van der Waals surface area (Å²) in [7, 11) is 0. The van der Waals surface area contributed by atoms with Crippen molar-refractivity contribution in [1.29, 1.82) is 0 Å². The van der Waals surface area contributed by atoms with Crippen LogP contribution in [0.3, 0.4) is 0 Å². The van der Waals surface area contributed by atoms with E-state index in [4.69, 9.17) is 27.9 Å². The third-order valence-electron chi connectivity index (χ3n) is 4.52. The average molecular weight is 464 g/mol. The highest BCUT2D eigenvalue weighted by Crippen LogP contribution is 2.28. The molecule has 8 nitrogen and oxygen atoms in total. The second-order valence-corrected chi connectivity index (χ2v) is 7.48. The first-order valence-corrected chi connectivity index (χ1v) is 10.2. The molecule has 2 aromatic rings. The third-order valence-corrected chi connectivity index (χ3v) is 5.05. The van der Waals surface area contributed by atoms with Crippen molar-refractivity contribution >= 4 is 52.5 Å². The molecular formula is C21H19Cl2N3O5. The van der Waals surface area contributed by atoms with Gasteiger partial charge in [0.1, 0.15) is 11.8 Å². The minimum atomic E-state index is -1.15. The first-order chi connectivity index (χ1) is 14.8. The quantitative estimate of drug-likeness (QED) is 0.524. The van der Waals surface area contributed by atoms with Crippen LogP contribution in [0.25, 0.3) is 0 Å². The van der Waals surface area contributed by atoms with Gasteiger partial charge in [0.05, 0.1) is 17.1 Å². The zero-order valence-corrected chi connectivity index (χ0v) is 18.0. The molecule has 162 valence electrons. The maximum absolute atomic E-state index is 12.9. The number of rotatable bonds is 6. The van der Waals surface area contributed by atoms with E-state index in [1.54, 1.807) is 43.3 Å². The molecule has 1 aliphatic rings. The lowest BCUT2D eigenvalue weighted by Gasteiger charge is -2.27. The number of nitrogens with zero attached hydrogens (tertiary/aromatic N) is 2. The van der Waals surface area contributed by atoms with Crippen LogP contribution in [0.2, 0.25) is 10.0 Å². The van der Waals surface area contributed by atoms with Gasteiger partial charge in [0, 0.05) is 11.4 Å². The zero-order chi connectivity index (χ0) is 22.5. The lowest BCUT2D eigenvalue weighted by atomic mass is 10.2. The topological polar surface area (TPSA) is 96.0 Å². The molecule has 2 aromatic carbocycles. The summed E-state index contributed by atoms with van der Waals surface area (Å²) in [5.41, 5.74) is 2.78. The van der Waals surface area contributed by atoms with Gasteiger partial charge in [-0.2, -0.15) is 0 Å². The maximum Gasteiger partial charge on any atom is 0.276 e. The Balaban J connectivity index is 1.71. The number of ether oxygens (including phenoxy) is 1. The summed E-state index contributed by atoms with van der Waals surface area (Å²) in [6.07, 6.45) is -0.225. The number of carbonyl (C=O) groups is 4. The zero-order valence-electron chi connectivity index (χ0n) is 16.5. The van der Waals surface area contributed by atoms with E-state index in [1.807, 2.05) is 0 Å². The SMILES string of the molecule is CCC(=O)N(NC(=O)COc1ccc(Cl)cc1Cl)C1CC(=O)N(c2ccccc2)C1=O. The van der Waals surface area contributed by atoms with Crippen LogP contribution >= 0.6 is 23.2 Å². The van der Waals surface area contributed by atoms with Gasteiger partial charge in [-0.15, -0.1) is 0 Å². The Hall–Kier alpha value is -3.10. The Morgan fingerprint density at radius 1 is 1.16 bits per heavy atom. The number of anilines is 1. The molecule has 1 fully saturated rings. The second-order valence-electron chi connectivity index (χ2n) is 6.64. The lowest BCUT2D eigenvalue weighted by Crippen LogP contribution is -2.55. The molecule has 0 bridgehead atoms. The van der Waals surface area contributed by atoms with Gasteiger partial charge < -0.3 is 4.74 Å². The number of carbonyl (C=O) groups excluding carboxylic acids is 4. The van der Waals surface area contributed by atoms with E-state index in [1.165, 1.54) is 12.1 Å². The van der Waals surface area contributed by atoms with Gasteiger partial charge in [-0.1, -0.05) is 48.3 Å². The van der Waals surface area contributed by atoms with Gasteiger partial charge in [-0.25, -0.2) is 9.91 Å². The van der Waals surface area contributed by atoms with Crippen LogP contribution in [0.15, 0.2) is 48.5 Å². The van der Waals surface area contributed by atoms with Crippen molar-refractivity contribution in [2.24, 2.45) is 0 Å². The van der Waals surface area contributed by atoms with Crippen LogP contribution in [0.5, 0.6) is 5.75 Å². The van der Waals surface area contributed by atoms with Gasteiger partial charge in [-0.3, -0.25) is 24.6 Å². The molecule has 1 N–H and O–H groups in total. The van der Waals surface area contributed by atoms with Crippen molar-refractivity contribution in [1.82, 2.24) is 10.4 Å². The fourth-order valence-electron chi connectivity index (χ4n) is 3.05. The predicted molar refractivity (Wildman–Crippen MR) is 115 cm³/mol. The summed E-state index contributed by atoms with van der Waals surface area (Å²) < 4.78 is 5.37. The number of benzene rings is 2. The predicted octanol–water partition coefficient (Wildman–Crippen LogP) is 2.97. The number of hydrogen-bond acceptors (Lipinski definition) is 5. The molecule has 3 rings (SSSR count). The van der Waals surface area contributed by atoms with E-state index in [2.05, 4.69) is 5.43 Å². The number of halogens is 2. The van der Waals surface area contributed by atoms with Crippen molar-refractivity contribution in [2.45, 2.75) is 25.8 Å². The Kier molecular flexibility index (Phi) is 7.14. The van der Waals surface area contributed by atoms with E-state index in [-0.39, 0.29) is 23.6 Å². The molecule has 1 saturated heterocycles. The van der Waals surface area contributed by atoms with Crippen molar-refractivity contribution in [2.75, 3.05) is 11.5 Å².